The number of hydrogen-bond donors (Lipinski definition) is 1. The van der Waals surface area contributed by atoms with Gasteiger partial charge in [0.05, 0.1) is 30.0 Å². The Bertz CT molecular complexity index is 1270. The van der Waals surface area contributed by atoms with Crippen molar-refractivity contribution < 1.29 is 23.8 Å². The lowest BCUT2D eigenvalue weighted by molar-refractivity contribution is -0.136. The van der Waals surface area contributed by atoms with Gasteiger partial charge < -0.3 is 19.5 Å². The standard InChI is InChI=1S/C26H22ClNO5/c1-5-11-33-25-18(27)12-15(13-19(25)32-6-2)21-20(26(30)31-4)14(3)28-23-16-9-7-8-10-17(16)24(29)22(21)23/h1,7-10,12-13,21,28H,6,11H2,2-4H3/t21-/m1/s1. The van der Waals surface area contributed by atoms with E-state index in [0.29, 0.717) is 51.8 Å². The van der Waals surface area contributed by atoms with Crippen LogP contribution in [0.15, 0.2) is 53.2 Å². The van der Waals surface area contributed by atoms with Crippen molar-refractivity contribution in [2.45, 2.75) is 19.8 Å². The number of benzene rings is 2. The Labute approximate surface area is 197 Å². The number of ether oxygens (including phenoxy) is 3. The molecule has 0 radical (unpaired) electrons. The van der Waals surface area contributed by atoms with Crippen molar-refractivity contribution >= 4 is 29.1 Å². The summed E-state index contributed by atoms with van der Waals surface area (Å²) < 4.78 is 16.4. The highest BCUT2D eigenvalue weighted by Crippen LogP contribution is 2.49. The van der Waals surface area contributed by atoms with E-state index in [2.05, 4.69) is 11.2 Å². The molecular formula is C26H22ClNO5. The molecule has 1 heterocycles. The monoisotopic (exact) mass is 463 g/mol. The van der Waals surface area contributed by atoms with Gasteiger partial charge in [0.1, 0.15) is 6.61 Å². The Balaban J connectivity index is 1.94. The van der Waals surface area contributed by atoms with Gasteiger partial charge in [-0.15, -0.1) is 6.42 Å². The highest BCUT2D eigenvalue weighted by Gasteiger charge is 2.43. The molecule has 0 aromatic heterocycles. The van der Waals surface area contributed by atoms with E-state index < -0.39 is 11.9 Å². The highest BCUT2D eigenvalue weighted by atomic mass is 35.5. The van der Waals surface area contributed by atoms with Crippen LogP contribution in [0.4, 0.5) is 0 Å². The van der Waals surface area contributed by atoms with Crippen LogP contribution in [0.25, 0.3) is 5.70 Å². The lowest BCUT2D eigenvalue weighted by Crippen LogP contribution is -2.29. The number of carbonyl (C=O) groups is 2. The van der Waals surface area contributed by atoms with Crippen LogP contribution < -0.4 is 14.8 Å². The summed E-state index contributed by atoms with van der Waals surface area (Å²) in [5, 5.41) is 3.51. The van der Waals surface area contributed by atoms with Crippen molar-refractivity contribution in [1.82, 2.24) is 5.32 Å². The predicted octanol–water partition coefficient (Wildman–Crippen LogP) is 4.49. The molecule has 2 aromatic rings. The molecule has 6 nitrogen and oxygen atoms in total. The Morgan fingerprint density at radius 2 is 1.94 bits per heavy atom. The Kier molecular flexibility index (Phi) is 6.17. The summed E-state index contributed by atoms with van der Waals surface area (Å²) in [6, 6.07) is 10.7. The summed E-state index contributed by atoms with van der Waals surface area (Å²) in [7, 11) is 1.31. The van der Waals surface area contributed by atoms with Crippen molar-refractivity contribution in [3.8, 4) is 23.8 Å². The number of methoxy groups -OCH3 is 1. The molecule has 1 aliphatic heterocycles. The van der Waals surface area contributed by atoms with E-state index >= 15 is 0 Å². The SMILES string of the molecule is C#CCOc1c(Cl)cc([C@@H]2C(C(=O)OC)=C(C)NC3=C2C(=O)c2ccccc23)cc1OCC. The summed E-state index contributed by atoms with van der Waals surface area (Å²) in [5.41, 5.74) is 4.02. The molecule has 33 heavy (non-hydrogen) atoms. The van der Waals surface area contributed by atoms with Crippen LogP contribution in [0, 0.1) is 12.3 Å². The quantitative estimate of drug-likeness (QED) is 0.502. The zero-order valence-electron chi connectivity index (χ0n) is 18.5. The van der Waals surface area contributed by atoms with Crippen molar-refractivity contribution in [3.05, 3.63) is 75.0 Å². The molecule has 0 unspecified atom stereocenters. The van der Waals surface area contributed by atoms with Crippen molar-refractivity contribution in [2.75, 3.05) is 20.3 Å². The van der Waals surface area contributed by atoms with Crippen LogP contribution in [0.1, 0.15) is 41.3 Å². The molecule has 1 aliphatic carbocycles. The number of carbonyl (C=O) groups excluding carboxylic acids is 2. The molecule has 168 valence electrons. The molecule has 1 N–H and O–H groups in total. The molecule has 0 amide bonds. The molecule has 2 aromatic carbocycles. The molecule has 0 fully saturated rings. The van der Waals surface area contributed by atoms with Gasteiger partial charge in [-0.05, 0) is 31.5 Å². The second-order valence-corrected chi connectivity index (χ2v) is 7.91. The molecule has 0 bridgehead atoms. The van der Waals surface area contributed by atoms with Gasteiger partial charge in [-0.25, -0.2) is 4.79 Å². The minimum Gasteiger partial charge on any atom is -0.490 e. The smallest absolute Gasteiger partial charge is 0.336 e. The maximum atomic E-state index is 13.5. The van der Waals surface area contributed by atoms with E-state index in [4.69, 9.17) is 32.2 Å². The molecule has 4 rings (SSSR count). The third-order valence-corrected chi connectivity index (χ3v) is 5.90. The summed E-state index contributed by atoms with van der Waals surface area (Å²) in [6.07, 6.45) is 5.33. The van der Waals surface area contributed by atoms with E-state index in [1.807, 2.05) is 25.1 Å². The van der Waals surface area contributed by atoms with Gasteiger partial charge in [0.25, 0.3) is 0 Å². The molecular weight excluding hydrogens is 442 g/mol. The number of rotatable bonds is 6. The number of ketones is 1. The van der Waals surface area contributed by atoms with Crippen LogP contribution in [0.2, 0.25) is 5.02 Å². The van der Waals surface area contributed by atoms with Gasteiger partial charge >= 0.3 is 5.97 Å². The first-order valence-electron chi connectivity index (χ1n) is 10.4. The Hall–Kier alpha value is -3.69. The number of Topliss-reactive ketones (excluding diaryl/α,β-unsaturated/α-hetero) is 1. The van der Waals surface area contributed by atoms with E-state index in [0.717, 1.165) is 5.56 Å². The number of halogens is 1. The lowest BCUT2D eigenvalue weighted by atomic mass is 9.79. The third kappa shape index (κ3) is 3.75. The number of fused-ring (bicyclic) bond motifs is 2. The lowest BCUT2D eigenvalue weighted by Gasteiger charge is -2.29. The maximum absolute atomic E-state index is 13.5. The van der Waals surface area contributed by atoms with Crippen molar-refractivity contribution in [2.24, 2.45) is 0 Å². The second kappa shape index (κ2) is 9.05. The first kappa shape index (κ1) is 22.5. The van der Waals surface area contributed by atoms with Crippen LogP contribution in [0.5, 0.6) is 11.5 Å². The second-order valence-electron chi connectivity index (χ2n) is 7.51. The number of nitrogens with one attached hydrogen (secondary N) is 1. The number of dihydropyridines is 1. The zero-order chi connectivity index (χ0) is 23.7. The first-order chi connectivity index (χ1) is 15.9. The zero-order valence-corrected chi connectivity index (χ0v) is 19.2. The molecule has 0 spiro atoms. The van der Waals surface area contributed by atoms with Crippen LogP contribution in [0.3, 0.4) is 0 Å². The van der Waals surface area contributed by atoms with Crippen LogP contribution in [-0.4, -0.2) is 32.1 Å². The van der Waals surface area contributed by atoms with Crippen molar-refractivity contribution in [3.63, 3.8) is 0 Å². The number of allylic oxidation sites excluding steroid dienone is 2. The van der Waals surface area contributed by atoms with Crippen LogP contribution >= 0.6 is 11.6 Å². The van der Waals surface area contributed by atoms with Gasteiger partial charge in [-0.3, -0.25) is 4.79 Å². The first-order valence-corrected chi connectivity index (χ1v) is 10.8. The highest BCUT2D eigenvalue weighted by molar-refractivity contribution is 6.32. The normalized spacial score (nSPS) is 16.6. The van der Waals surface area contributed by atoms with Gasteiger partial charge in [0.2, 0.25) is 0 Å². The number of hydrogen-bond acceptors (Lipinski definition) is 6. The number of terminal acetylenes is 1. The summed E-state index contributed by atoms with van der Waals surface area (Å²) in [4.78, 5) is 26.4. The Morgan fingerprint density at radius 3 is 2.61 bits per heavy atom. The van der Waals surface area contributed by atoms with Gasteiger partial charge in [-0.1, -0.05) is 41.8 Å². The molecule has 1 atom stereocenters. The van der Waals surface area contributed by atoms with E-state index in [1.165, 1.54) is 7.11 Å². The van der Waals surface area contributed by atoms with Gasteiger partial charge in [0.15, 0.2) is 17.3 Å². The topological polar surface area (TPSA) is 73.9 Å². The molecule has 0 saturated heterocycles. The fraction of sp³-hybridized carbons (Fsp3) is 0.231. The Morgan fingerprint density at radius 1 is 1.21 bits per heavy atom. The van der Waals surface area contributed by atoms with Crippen molar-refractivity contribution in [1.29, 1.82) is 0 Å². The molecule has 2 aliphatic rings. The van der Waals surface area contributed by atoms with Gasteiger partial charge in [-0.2, -0.15) is 0 Å². The van der Waals surface area contributed by atoms with E-state index in [9.17, 15) is 9.59 Å². The predicted molar refractivity (Wildman–Crippen MR) is 125 cm³/mol. The average Bonchev–Trinajstić information content (AvgIpc) is 3.09. The average molecular weight is 464 g/mol. The minimum absolute atomic E-state index is 0.0159. The largest absolute Gasteiger partial charge is 0.490 e. The molecule has 7 heteroatoms. The van der Waals surface area contributed by atoms with Gasteiger partial charge in [0, 0.05) is 28.3 Å². The third-order valence-electron chi connectivity index (χ3n) is 5.62. The summed E-state index contributed by atoms with van der Waals surface area (Å²) in [6.45, 7) is 3.99. The molecule has 0 saturated carbocycles. The van der Waals surface area contributed by atoms with E-state index in [1.54, 1.807) is 25.1 Å². The fourth-order valence-electron chi connectivity index (χ4n) is 4.31. The number of esters is 1. The van der Waals surface area contributed by atoms with E-state index in [-0.39, 0.29) is 17.4 Å². The fourth-order valence-corrected chi connectivity index (χ4v) is 4.59. The minimum atomic E-state index is -0.716. The van der Waals surface area contributed by atoms with Crippen LogP contribution in [-0.2, 0) is 9.53 Å². The summed E-state index contributed by atoms with van der Waals surface area (Å²) in [5.74, 6) is 1.68. The maximum Gasteiger partial charge on any atom is 0.336 e. The summed E-state index contributed by atoms with van der Waals surface area (Å²) >= 11 is 6.57.